The molecule has 1 aliphatic heterocycles. The van der Waals surface area contributed by atoms with Crippen LogP contribution in [-0.2, 0) is 11.2 Å². The van der Waals surface area contributed by atoms with Gasteiger partial charge >= 0.3 is 0 Å². The van der Waals surface area contributed by atoms with Gasteiger partial charge < -0.3 is 15.4 Å². The molecule has 0 saturated carbocycles. The third-order valence-electron chi connectivity index (χ3n) is 4.17. The molecule has 1 fully saturated rings. The molecule has 1 amide bonds. The van der Waals surface area contributed by atoms with E-state index in [0.29, 0.717) is 38.0 Å². The second kappa shape index (κ2) is 7.46. The molecule has 1 aliphatic rings. The molecule has 116 valence electrons. The fraction of sp³-hybridized carbons (Fsp3) is 0.588. The molecular formula is C17H26N2O2. The van der Waals surface area contributed by atoms with E-state index in [4.69, 9.17) is 10.5 Å². The van der Waals surface area contributed by atoms with Gasteiger partial charge in [-0.3, -0.25) is 4.79 Å². The van der Waals surface area contributed by atoms with Crippen LogP contribution in [0.25, 0.3) is 0 Å². The van der Waals surface area contributed by atoms with Crippen molar-refractivity contribution in [3.63, 3.8) is 0 Å². The molecule has 2 rings (SSSR count). The van der Waals surface area contributed by atoms with Gasteiger partial charge in [-0.2, -0.15) is 0 Å². The van der Waals surface area contributed by atoms with E-state index in [1.54, 1.807) is 0 Å². The lowest BCUT2D eigenvalue weighted by molar-refractivity contribution is -0.128. The van der Waals surface area contributed by atoms with Gasteiger partial charge in [-0.1, -0.05) is 26.0 Å². The molecule has 4 heteroatoms. The van der Waals surface area contributed by atoms with E-state index in [1.807, 2.05) is 29.2 Å². The van der Waals surface area contributed by atoms with Crippen molar-refractivity contribution in [2.75, 3.05) is 26.2 Å². The van der Waals surface area contributed by atoms with Gasteiger partial charge in [0.15, 0.2) is 0 Å². The summed E-state index contributed by atoms with van der Waals surface area (Å²) in [6, 6.07) is 8.01. The summed E-state index contributed by atoms with van der Waals surface area (Å²) in [4.78, 5) is 13.8. The average Bonchev–Trinajstić information content (AvgIpc) is 2.83. The molecule has 1 saturated heterocycles. The number of nitrogens with zero attached hydrogens (tertiary/aromatic N) is 1. The summed E-state index contributed by atoms with van der Waals surface area (Å²) in [6.07, 6.45) is 1.57. The summed E-state index contributed by atoms with van der Waals surface area (Å²) in [5.74, 6) is 2.17. The molecule has 4 nitrogen and oxygen atoms in total. The van der Waals surface area contributed by atoms with Crippen LogP contribution in [0.1, 0.15) is 25.8 Å². The Balaban J connectivity index is 1.75. The Labute approximate surface area is 127 Å². The first-order valence-corrected chi connectivity index (χ1v) is 7.79. The summed E-state index contributed by atoms with van der Waals surface area (Å²) >= 11 is 0. The van der Waals surface area contributed by atoms with Crippen molar-refractivity contribution in [3.05, 3.63) is 29.8 Å². The summed E-state index contributed by atoms with van der Waals surface area (Å²) in [5, 5.41) is 0. The maximum Gasteiger partial charge on any atom is 0.223 e. The molecule has 1 unspecified atom stereocenters. The molecule has 21 heavy (non-hydrogen) atoms. The number of rotatable bonds is 7. The van der Waals surface area contributed by atoms with Crippen molar-refractivity contribution in [2.45, 2.75) is 26.7 Å². The van der Waals surface area contributed by atoms with Crippen LogP contribution in [0.4, 0.5) is 0 Å². The Hall–Kier alpha value is -1.55. The van der Waals surface area contributed by atoms with Crippen LogP contribution in [0.2, 0.25) is 0 Å². The lowest BCUT2D eigenvalue weighted by Crippen LogP contribution is -2.30. The fourth-order valence-electron chi connectivity index (χ4n) is 2.66. The zero-order chi connectivity index (χ0) is 15.2. The molecule has 0 aliphatic carbocycles. The lowest BCUT2D eigenvalue weighted by Gasteiger charge is -2.18. The van der Waals surface area contributed by atoms with Crippen molar-refractivity contribution >= 4 is 5.91 Å². The third-order valence-corrected chi connectivity index (χ3v) is 4.17. The Morgan fingerprint density at radius 3 is 2.62 bits per heavy atom. The SMILES string of the molecule is CC(C)C1CC(=O)N(CCOc2ccc(CCN)cc2)C1. The number of carbonyl (C=O) groups excluding carboxylic acids is 1. The molecule has 0 aromatic heterocycles. The van der Waals surface area contributed by atoms with Crippen molar-refractivity contribution in [3.8, 4) is 5.75 Å². The summed E-state index contributed by atoms with van der Waals surface area (Å²) in [6.45, 7) is 7.12. The second-order valence-corrected chi connectivity index (χ2v) is 6.08. The van der Waals surface area contributed by atoms with Crippen LogP contribution < -0.4 is 10.5 Å². The minimum absolute atomic E-state index is 0.260. The average molecular weight is 290 g/mol. The van der Waals surface area contributed by atoms with E-state index in [1.165, 1.54) is 5.56 Å². The smallest absolute Gasteiger partial charge is 0.223 e. The number of amides is 1. The van der Waals surface area contributed by atoms with E-state index >= 15 is 0 Å². The van der Waals surface area contributed by atoms with Crippen molar-refractivity contribution in [1.82, 2.24) is 4.90 Å². The maximum atomic E-state index is 11.9. The van der Waals surface area contributed by atoms with Crippen LogP contribution in [0.3, 0.4) is 0 Å². The molecule has 0 spiro atoms. The maximum absolute atomic E-state index is 11.9. The van der Waals surface area contributed by atoms with Crippen molar-refractivity contribution in [1.29, 1.82) is 0 Å². The summed E-state index contributed by atoms with van der Waals surface area (Å²) in [7, 11) is 0. The van der Waals surface area contributed by atoms with Gasteiger partial charge in [0.2, 0.25) is 5.91 Å². The van der Waals surface area contributed by atoms with Gasteiger partial charge in [-0.05, 0) is 42.5 Å². The van der Waals surface area contributed by atoms with Crippen molar-refractivity contribution in [2.24, 2.45) is 17.6 Å². The summed E-state index contributed by atoms with van der Waals surface area (Å²) < 4.78 is 5.72. The standard InChI is InChI=1S/C17H26N2O2/c1-13(2)15-11-17(20)19(12-15)9-10-21-16-5-3-14(4-6-16)7-8-18/h3-6,13,15H,7-12,18H2,1-2H3. The normalized spacial score (nSPS) is 18.6. The van der Waals surface area contributed by atoms with Gasteiger partial charge in [-0.25, -0.2) is 0 Å². The Morgan fingerprint density at radius 2 is 2.05 bits per heavy atom. The van der Waals surface area contributed by atoms with E-state index in [2.05, 4.69) is 13.8 Å². The van der Waals surface area contributed by atoms with E-state index in [0.717, 1.165) is 18.7 Å². The minimum atomic E-state index is 0.260. The van der Waals surface area contributed by atoms with Crippen LogP contribution >= 0.6 is 0 Å². The monoisotopic (exact) mass is 290 g/mol. The first-order valence-electron chi connectivity index (χ1n) is 7.79. The Morgan fingerprint density at radius 1 is 1.33 bits per heavy atom. The number of carbonyl (C=O) groups is 1. The molecule has 2 N–H and O–H groups in total. The van der Waals surface area contributed by atoms with Crippen LogP contribution in [0, 0.1) is 11.8 Å². The molecule has 0 bridgehead atoms. The van der Waals surface area contributed by atoms with Crippen molar-refractivity contribution < 1.29 is 9.53 Å². The quantitative estimate of drug-likeness (QED) is 0.836. The van der Waals surface area contributed by atoms with Crippen LogP contribution in [0.5, 0.6) is 5.75 Å². The highest BCUT2D eigenvalue weighted by Gasteiger charge is 2.30. The van der Waals surface area contributed by atoms with Gasteiger partial charge in [0.05, 0.1) is 6.54 Å². The zero-order valence-electron chi connectivity index (χ0n) is 13.0. The molecule has 1 heterocycles. The second-order valence-electron chi connectivity index (χ2n) is 6.08. The minimum Gasteiger partial charge on any atom is -0.492 e. The number of nitrogens with two attached hydrogens (primary N) is 1. The van der Waals surface area contributed by atoms with E-state index in [-0.39, 0.29) is 5.91 Å². The molecular weight excluding hydrogens is 264 g/mol. The number of hydrogen-bond acceptors (Lipinski definition) is 3. The first kappa shape index (κ1) is 15.8. The topological polar surface area (TPSA) is 55.6 Å². The van der Waals surface area contributed by atoms with Gasteiger partial charge in [-0.15, -0.1) is 0 Å². The predicted molar refractivity (Wildman–Crippen MR) is 84.2 cm³/mol. The van der Waals surface area contributed by atoms with Crippen LogP contribution in [0.15, 0.2) is 24.3 Å². The van der Waals surface area contributed by atoms with E-state index < -0.39 is 0 Å². The zero-order valence-corrected chi connectivity index (χ0v) is 13.0. The highest BCUT2D eigenvalue weighted by Crippen LogP contribution is 2.24. The summed E-state index contributed by atoms with van der Waals surface area (Å²) in [5.41, 5.74) is 6.75. The molecule has 1 aromatic carbocycles. The predicted octanol–water partition coefficient (Wildman–Crippen LogP) is 2.07. The molecule has 1 aromatic rings. The lowest BCUT2D eigenvalue weighted by atomic mass is 9.95. The number of ether oxygens (including phenoxy) is 1. The molecule has 0 radical (unpaired) electrons. The highest BCUT2D eigenvalue weighted by molar-refractivity contribution is 5.78. The number of likely N-dealkylation sites (tertiary alicyclic amines) is 1. The Bertz CT molecular complexity index is 456. The molecule has 1 atom stereocenters. The van der Waals surface area contributed by atoms with Gasteiger partial charge in [0.1, 0.15) is 12.4 Å². The van der Waals surface area contributed by atoms with Crippen LogP contribution in [-0.4, -0.2) is 37.0 Å². The van der Waals surface area contributed by atoms with E-state index in [9.17, 15) is 4.79 Å². The highest BCUT2D eigenvalue weighted by atomic mass is 16.5. The largest absolute Gasteiger partial charge is 0.492 e. The number of benzene rings is 1. The number of hydrogen-bond donors (Lipinski definition) is 1. The first-order chi connectivity index (χ1) is 10.1. The van der Waals surface area contributed by atoms with Gasteiger partial charge in [0.25, 0.3) is 0 Å². The van der Waals surface area contributed by atoms with Gasteiger partial charge in [0, 0.05) is 13.0 Å². The Kier molecular flexibility index (Phi) is 5.62. The fourth-order valence-corrected chi connectivity index (χ4v) is 2.66. The third kappa shape index (κ3) is 4.46.